The monoisotopic (exact) mass is 409 g/mol. The molecule has 3 nitrogen and oxygen atoms in total. The molecule has 2 aromatic carbocycles. The average Bonchev–Trinajstić information content (AvgIpc) is 2.82. The molecular weight excluding hydrogens is 382 g/mol. The summed E-state index contributed by atoms with van der Waals surface area (Å²) in [6.07, 6.45) is 13.0. The van der Waals surface area contributed by atoms with Gasteiger partial charge >= 0.3 is 0 Å². The Morgan fingerprint density at radius 2 is 1.65 bits per heavy atom. The average molecular weight is 410 g/mol. The zero-order chi connectivity index (χ0) is 22.1. The van der Waals surface area contributed by atoms with E-state index in [0.717, 1.165) is 18.5 Å². The maximum absolute atomic E-state index is 12.4. The second kappa shape index (κ2) is 10.9. The first kappa shape index (κ1) is 22.0. The van der Waals surface area contributed by atoms with E-state index in [-0.39, 0.29) is 17.6 Å². The molecule has 31 heavy (non-hydrogen) atoms. The Labute approximate surface area is 184 Å². The van der Waals surface area contributed by atoms with E-state index in [1.54, 1.807) is 54.7 Å². The molecule has 0 amide bonds. The van der Waals surface area contributed by atoms with Gasteiger partial charge in [-0.25, -0.2) is 0 Å². The highest BCUT2D eigenvalue weighted by Gasteiger charge is 2.23. The molecule has 0 fully saturated rings. The van der Waals surface area contributed by atoms with Gasteiger partial charge in [0.25, 0.3) is 0 Å². The summed E-state index contributed by atoms with van der Waals surface area (Å²) in [5.74, 6) is 0.0683. The van der Waals surface area contributed by atoms with Gasteiger partial charge in [0.1, 0.15) is 5.76 Å². The fraction of sp³-hybridized carbons (Fsp3) is 0.107. The van der Waals surface area contributed by atoms with Crippen LogP contribution in [0.25, 0.3) is 0 Å². The highest BCUT2D eigenvalue weighted by molar-refractivity contribution is 6.10. The van der Waals surface area contributed by atoms with Gasteiger partial charge in [0.05, 0.1) is 6.04 Å². The van der Waals surface area contributed by atoms with Crippen LogP contribution in [0.5, 0.6) is 0 Å². The molecule has 0 aliphatic carbocycles. The molecule has 0 spiro atoms. The zero-order valence-electron chi connectivity index (χ0n) is 17.5. The van der Waals surface area contributed by atoms with Crippen LogP contribution in [-0.4, -0.2) is 17.4 Å². The van der Waals surface area contributed by atoms with Crippen LogP contribution in [0, 0.1) is 0 Å². The van der Waals surface area contributed by atoms with Gasteiger partial charge in [0, 0.05) is 23.3 Å². The molecule has 1 aliphatic rings. The van der Waals surface area contributed by atoms with E-state index in [0.29, 0.717) is 16.7 Å². The van der Waals surface area contributed by atoms with Crippen molar-refractivity contribution in [3.05, 3.63) is 144 Å². The van der Waals surface area contributed by atoms with Crippen molar-refractivity contribution in [1.29, 1.82) is 0 Å². The summed E-state index contributed by atoms with van der Waals surface area (Å²) in [6.45, 7) is 8.66. The fourth-order valence-electron chi connectivity index (χ4n) is 3.50. The fourth-order valence-corrected chi connectivity index (χ4v) is 3.50. The number of ketones is 1. The van der Waals surface area contributed by atoms with Crippen LogP contribution in [0.15, 0.2) is 127 Å². The van der Waals surface area contributed by atoms with Crippen molar-refractivity contribution in [2.24, 2.45) is 0 Å². The van der Waals surface area contributed by atoms with E-state index in [9.17, 15) is 9.90 Å². The van der Waals surface area contributed by atoms with Crippen molar-refractivity contribution in [1.82, 2.24) is 5.32 Å². The lowest BCUT2D eigenvalue weighted by Gasteiger charge is -2.28. The van der Waals surface area contributed by atoms with E-state index in [4.69, 9.17) is 0 Å². The first-order valence-corrected chi connectivity index (χ1v) is 10.3. The predicted octanol–water partition coefficient (Wildman–Crippen LogP) is 5.98. The number of nitrogens with one attached hydrogen (secondary N) is 1. The molecule has 156 valence electrons. The van der Waals surface area contributed by atoms with Crippen molar-refractivity contribution in [3.8, 4) is 0 Å². The molecule has 0 bridgehead atoms. The van der Waals surface area contributed by atoms with Gasteiger partial charge in [-0.15, -0.1) is 0 Å². The molecule has 3 heteroatoms. The summed E-state index contributed by atoms with van der Waals surface area (Å²) < 4.78 is 0. The number of hydrogen-bond donors (Lipinski definition) is 2. The van der Waals surface area contributed by atoms with Crippen LogP contribution in [0.4, 0.5) is 0 Å². The Balaban J connectivity index is 1.62. The topological polar surface area (TPSA) is 49.3 Å². The van der Waals surface area contributed by atoms with Crippen LogP contribution >= 0.6 is 0 Å². The summed E-state index contributed by atoms with van der Waals surface area (Å²) in [4.78, 5) is 12.4. The second-order valence-corrected chi connectivity index (χ2v) is 7.20. The number of aliphatic hydroxyl groups is 1. The third kappa shape index (κ3) is 5.68. The van der Waals surface area contributed by atoms with Crippen LogP contribution in [0.3, 0.4) is 0 Å². The van der Waals surface area contributed by atoms with E-state index in [1.807, 2.05) is 30.3 Å². The maximum Gasteiger partial charge on any atom is 0.192 e. The lowest BCUT2D eigenvalue weighted by molar-refractivity contribution is 0.103. The number of rotatable bonds is 8. The molecule has 1 unspecified atom stereocenters. The van der Waals surface area contributed by atoms with Gasteiger partial charge in [-0.3, -0.25) is 4.79 Å². The van der Waals surface area contributed by atoms with E-state index in [2.05, 4.69) is 30.6 Å². The second-order valence-electron chi connectivity index (χ2n) is 7.20. The number of carbonyl (C=O) groups excluding carboxylic acids is 1. The van der Waals surface area contributed by atoms with Crippen molar-refractivity contribution >= 4 is 5.78 Å². The number of aliphatic hydroxyl groups excluding tert-OH is 1. The Bertz CT molecular complexity index is 1070. The molecule has 0 aromatic heterocycles. The van der Waals surface area contributed by atoms with Gasteiger partial charge in [0.2, 0.25) is 0 Å². The summed E-state index contributed by atoms with van der Waals surface area (Å²) in [7, 11) is 0. The van der Waals surface area contributed by atoms with Gasteiger partial charge in [-0.05, 0) is 23.6 Å². The third-order valence-electron chi connectivity index (χ3n) is 5.17. The Kier molecular flexibility index (Phi) is 7.74. The lowest BCUT2D eigenvalue weighted by atomic mass is 9.89. The predicted molar refractivity (Wildman–Crippen MR) is 128 cm³/mol. The van der Waals surface area contributed by atoms with Crippen LogP contribution in [0.2, 0.25) is 0 Å². The smallest absolute Gasteiger partial charge is 0.192 e. The van der Waals surface area contributed by atoms with Crippen molar-refractivity contribution in [2.45, 2.75) is 12.5 Å². The number of benzene rings is 2. The molecule has 0 saturated carbocycles. The first-order chi connectivity index (χ1) is 15.1. The molecule has 0 saturated heterocycles. The summed E-state index contributed by atoms with van der Waals surface area (Å²) in [5.41, 5.74) is 4.23. The number of allylic oxidation sites excluding steroid dienone is 8. The highest BCUT2D eigenvalue weighted by atomic mass is 16.3. The molecule has 0 radical (unpaired) electrons. The van der Waals surface area contributed by atoms with Gasteiger partial charge in [-0.1, -0.05) is 104 Å². The van der Waals surface area contributed by atoms with E-state index < -0.39 is 0 Å². The van der Waals surface area contributed by atoms with E-state index >= 15 is 0 Å². The summed E-state index contributed by atoms with van der Waals surface area (Å²) in [6, 6.07) is 17.2. The van der Waals surface area contributed by atoms with Crippen LogP contribution in [0.1, 0.15) is 27.5 Å². The van der Waals surface area contributed by atoms with Crippen molar-refractivity contribution in [3.63, 3.8) is 0 Å². The third-order valence-corrected chi connectivity index (χ3v) is 5.17. The Morgan fingerprint density at radius 1 is 0.968 bits per heavy atom. The minimum atomic E-state index is -0.0905. The molecule has 1 atom stereocenters. The molecule has 1 heterocycles. The summed E-state index contributed by atoms with van der Waals surface area (Å²) in [5, 5.41) is 13.9. The SMILES string of the molecule is C=C\C(=C/C=C\C=C/C=C(/O)C(=C)C1NCCc2ccccc21)C(=O)c1ccccc1. The Hall–Kier alpha value is -3.69. The minimum absolute atomic E-state index is 0.0710. The van der Waals surface area contributed by atoms with Crippen molar-refractivity contribution < 1.29 is 9.90 Å². The maximum atomic E-state index is 12.4. The molecule has 1 aliphatic heterocycles. The number of carbonyl (C=O) groups is 1. The zero-order valence-corrected chi connectivity index (χ0v) is 17.5. The van der Waals surface area contributed by atoms with Crippen molar-refractivity contribution in [2.75, 3.05) is 6.54 Å². The largest absolute Gasteiger partial charge is 0.508 e. The molecule has 2 N–H and O–H groups in total. The lowest BCUT2D eigenvalue weighted by Crippen LogP contribution is -2.31. The summed E-state index contributed by atoms with van der Waals surface area (Å²) >= 11 is 0. The Morgan fingerprint density at radius 3 is 2.39 bits per heavy atom. The highest BCUT2D eigenvalue weighted by Crippen LogP contribution is 2.30. The van der Waals surface area contributed by atoms with Crippen LogP contribution < -0.4 is 5.32 Å². The standard InChI is InChI=1S/C28H27NO2/c1-3-22(28(31)24-15-8-6-9-16-24)13-7-4-5-10-18-26(30)21(2)27-25-17-12-11-14-23(25)19-20-29-27/h3-18,27,29-30H,1-2,19-20H2/b7-4-,10-5-,22-13+,26-18+. The van der Waals surface area contributed by atoms with Gasteiger partial charge < -0.3 is 10.4 Å². The molecule has 2 aromatic rings. The molecular formula is C28H27NO2. The first-order valence-electron chi connectivity index (χ1n) is 10.3. The molecule has 3 rings (SSSR count). The van der Waals surface area contributed by atoms with E-state index in [1.165, 1.54) is 5.56 Å². The van der Waals surface area contributed by atoms with Crippen LogP contribution in [-0.2, 0) is 6.42 Å². The number of Topliss-reactive ketones (excluding diaryl/α,β-unsaturated/α-hetero) is 1. The number of hydrogen-bond acceptors (Lipinski definition) is 3. The minimum Gasteiger partial charge on any atom is -0.508 e. The van der Waals surface area contributed by atoms with Gasteiger partial charge in [0.15, 0.2) is 5.78 Å². The normalized spacial score (nSPS) is 17.0. The quantitative estimate of drug-likeness (QED) is 0.244. The number of fused-ring (bicyclic) bond motifs is 1. The van der Waals surface area contributed by atoms with Gasteiger partial charge in [-0.2, -0.15) is 0 Å².